The van der Waals surface area contributed by atoms with Gasteiger partial charge in [0.25, 0.3) is 11.6 Å². The Labute approximate surface area is 182 Å². The van der Waals surface area contributed by atoms with Crippen molar-refractivity contribution in [1.82, 2.24) is 10.4 Å². The third-order valence-electron chi connectivity index (χ3n) is 4.12. The molecule has 158 valence electrons. The average molecular weight is 441 g/mol. The van der Waals surface area contributed by atoms with Crippen molar-refractivity contribution in [3.63, 3.8) is 0 Å². The van der Waals surface area contributed by atoms with Gasteiger partial charge >= 0.3 is 0 Å². The summed E-state index contributed by atoms with van der Waals surface area (Å²) in [6, 6.07) is 15.0. The molecule has 0 spiro atoms. The number of methoxy groups -OCH3 is 1. The van der Waals surface area contributed by atoms with Crippen LogP contribution in [-0.4, -0.2) is 29.1 Å². The van der Waals surface area contributed by atoms with E-state index in [1.165, 1.54) is 31.5 Å². The number of carbonyl (C=O) groups is 1. The van der Waals surface area contributed by atoms with Crippen LogP contribution in [0.5, 0.6) is 11.5 Å². The van der Waals surface area contributed by atoms with Gasteiger partial charge in [0.2, 0.25) is 0 Å². The number of aromatic nitrogens is 1. The Kier molecular flexibility index (Phi) is 7.13. The molecule has 0 saturated carbocycles. The largest absolute Gasteiger partial charge is 0.493 e. The second-order valence-corrected chi connectivity index (χ2v) is 6.49. The van der Waals surface area contributed by atoms with E-state index in [1.54, 1.807) is 6.07 Å². The fourth-order valence-corrected chi connectivity index (χ4v) is 2.82. The number of nitro benzene ring substituents is 1. The lowest BCUT2D eigenvalue weighted by Gasteiger charge is -2.12. The van der Waals surface area contributed by atoms with E-state index in [0.717, 1.165) is 11.8 Å². The summed E-state index contributed by atoms with van der Waals surface area (Å²) in [4.78, 5) is 26.9. The molecule has 1 amide bonds. The first-order valence-corrected chi connectivity index (χ1v) is 9.34. The summed E-state index contributed by atoms with van der Waals surface area (Å²) < 4.78 is 11.0. The Morgan fingerprint density at radius 3 is 2.68 bits per heavy atom. The van der Waals surface area contributed by atoms with E-state index < -0.39 is 10.8 Å². The van der Waals surface area contributed by atoms with E-state index in [0.29, 0.717) is 0 Å². The molecule has 1 N–H and O–H groups in total. The first-order chi connectivity index (χ1) is 15.0. The lowest BCUT2D eigenvalue weighted by Crippen LogP contribution is -2.18. The molecule has 9 nitrogen and oxygen atoms in total. The summed E-state index contributed by atoms with van der Waals surface area (Å²) in [5.41, 5.74) is 3.14. The molecule has 0 atom stereocenters. The molecule has 0 fully saturated rings. The zero-order valence-corrected chi connectivity index (χ0v) is 17.1. The van der Waals surface area contributed by atoms with Gasteiger partial charge in [-0.05, 0) is 23.8 Å². The van der Waals surface area contributed by atoms with E-state index in [4.69, 9.17) is 21.1 Å². The zero-order chi connectivity index (χ0) is 22.2. The minimum Gasteiger partial charge on any atom is -0.493 e. The number of rotatable bonds is 8. The van der Waals surface area contributed by atoms with E-state index >= 15 is 0 Å². The van der Waals surface area contributed by atoms with Crippen LogP contribution in [-0.2, 0) is 6.61 Å². The van der Waals surface area contributed by atoms with Gasteiger partial charge in [-0.2, -0.15) is 5.10 Å². The number of hydrazone groups is 1. The van der Waals surface area contributed by atoms with E-state index in [1.807, 2.05) is 30.3 Å². The second kappa shape index (κ2) is 10.2. The van der Waals surface area contributed by atoms with Crippen molar-refractivity contribution in [3.05, 3.63) is 92.8 Å². The molecule has 1 heterocycles. The van der Waals surface area contributed by atoms with Crippen molar-refractivity contribution in [3.8, 4) is 11.5 Å². The standard InChI is InChI=1S/C21H17ClN4O5/c1-30-18-10-15(12-24-25-21(27)16-8-5-9-23-20(16)22)17(26(28)29)11-19(18)31-13-14-6-3-2-4-7-14/h2-12H,13H2,1H3,(H,25,27). The molecule has 0 radical (unpaired) electrons. The number of nitrogens with one attached hydrogen (secondary N) is 1. The maximum atomic E-state index is 12.1. The molecule has 0 aliphatic heterocycles. The Morgan fingerprint density at radius 1 is 1.23 bits per heavy atom. The van der Waals surface area contributed by atoms with Crippen LogP contribution in [0.3, 0.4) is 0 Å². The number of pyridine rings is 1. The van der Waals surface area contributed by atoms with Crippen LogP contribution in [0.2, 0.25) is 5.15 Å². The molecule has 3 aromatic rings. The van der Waals surface area contributed by atoms with Gasteiger partial charge in [0.05, 0.1) is 35.4 Å². The van der Waals surface area contributed by atoms with Crippen LogP contribution in [0.1, 0.15) is 21.5 Å². The van der Waals surface area contributed by atoms with Crippen molar-refractivity contribution >= 4 is 29.4 Å². The highest BCUT2D eigenvalue weighted by atomic mass is 35.5. The highest BCUT2D eigenvalue weighted by molar-refractivity contribution is 6.32. The van der Waals surface area contributed by atoms with Crippen molar-refractivity contribution in [2.24, 2.45) is 5.10 Å². The summed E-state index contributed by atoms with van der Waals surface area (Å²) in [5.74, 6) is -0.113. The maximum absolute atomic E-state index is 12.1. The van der Waals surface area contributed by atoms with Crippen LogP contribution in [0.25, 0.3) is 0 Å². The van der Waals surface area contributed by atoms with Crippen molar-refractivity contribution in [2.45, 2.75) is 6.61 Å². The summed E-state index contributed by atoms with van der Waals surface area (Å²) in [6.45, 7) is 0.212. The quantitative estimate of drug-likeness (QED) is 0.245. The summed E-state index contributed by atoms with van der Waals surface area (Å²) in [5, 5.41) is 15.4. The van der Waals surface area contributed by atoms with Gasteiger partial charge in [0.1, 0.15) is 11.8 Å². The Hall–Kier alpha value is -3.98. The minimum atomic E-state index is -0.605. The van der Waals surface area contributed by atoms with Gasteiger partial charge in [-0.1, -0.05) is 41.9 Å². The number of ether oxygens (including phenoxy) is 2. The molecular weight excluding hydrogens is 424 g/mol. The molecule has 10 heteroatoms. The van der Waals surface area contributed by atoms with E-state index in [-0.39, 0.29) is 40.1 Å². The van der Waals surface area contributed by atoms with Crippen molar-refractivity contribution in [2.75, 3.05) is 7.11 Å². The van der Waals surface area contributed by atoms with Crippen LogP contribution in [0.4, 0.5) is 5.69 Å². The zero-order valence-electron chi connectivity index (χ0n) is 16.3. The van der Waals surface area contributed by atoms with Gasteiger partial charge in [-0.25, -0.2) is 10.4 Å². The van der Waals surface area contributed by atoms with Gasteiger partial charge in [0.15, 0.2) is 11.5 Å². The summed E-state index contributed by atoms with van der Waals surface area (Å²) in [7, 11) is 1.42. The molecule has 2 aromatic carbocycles. The van der Waals surface area contributed by atoms with E-state index in [2.05, 4.69) is 15.5 Å². The van der Waals surface area contributed by atoms with Crippen molar-refractivity contribution in [1.29, 1.82) is 0 Å². The highest BCUT2D eigenvalue weighted by Gasteiger charge is 2.19. The molecule has 0 aliphatic rings. The predicted octanol–water partition coefficient (Wildman–Crippen LogP) is 3.99. The van der Waals surface area contributed by atoms with E-state index in [9.17, 15) is 14.9 Å². The van der Waals surface area contributed by atoms with Crippen LogP contribution < -0.4 is 14.9 Å². The van der Waals surface area contributed by atoms with Crippen molar-refractivity contribution < 1.29 is 19.2 Å². The SMILES string of the molecule is COc1cc(C=NNC(=O)c2cccnc2Cl)c([N+](=O)[O-])cc1OCc1ccccc1. The van der Waals surface area contributed by atoms with Crippen LogP contribution in [0.15, 0.2) is 65.9 Å². The fraction of sp³-hybridized carbons (Fsp3) is 0.0952. The number of nitro groups is 1. The molecule has 31 heavy (non-hydrogen) atoms. The smallest absolute Gasteiger partial charge is 0.282 e. The molecule has 1 aromatic heterocycles. The molecule has 0 aliphatic carbocycles. The number of halogens is 1. The maximum Gasteiger partial charge on any atom is 0.282 e. The molecule has 0 saturated heterocycles. The van der Waals surface area contributed by atoms with Gasteiger partial charge in [-0.3, -0.25) is 14.9 Å². The van der Waals surface area contributed by atoms with Gasteiger partial charge in [-0.15, -0.1) is 0 Å². The summed E-state index contributed by atoms with van der Waals surface area (Å²) >= 11 is 5.87. The van der Waals surface area contributed by atoms with Crippen LogP contribution in [0, 0.1) is 10.1 Å². The lowest BCUT2D eigenvalue weighted by molar-refractivity contribution is -0.385. The lowest BCUT2D eigenvalue weighted by atomic mass is 10.1. The topological polar surface area (TPSA) is 116 Å². The van der Waals surface area contributed by atoms with Gasteiger partial charge < -0.3 is 9.47 Å². The summed E-state index contributed by atoms with van der Waals surface area (Å²) in [6.07, 6.45) is 2.59. The first-order valence-electron chi connectivity index (χ1n) is 8.96. The number of benzene rings is 2. The first kappa shape index (κ1) is 21.7. The predicted molar refractivity (Wildman–Crippen MR) is 115 cm³/mol. The second-order valence-electron chi connectivity index (χ2n) is 6.13. The number of hydrogen-bond acceptors (Lipinski definition) is 7. The minimum absolute atomic E-state index is 0.0165. The fourth-order valence-electron chi connectivity index (χ4n) is 2.61. The highest BCUT2D eigenvalue weighted by Crippen LogP contribution is 2.34. The Bertz CT molecular complexity index is 1120. The third kappa shape index (κ3) is 5.55. The van der Waals surface area contributed by atoms with Crippen LogP contribution >= 0.6 is 11.6 Å². The molecule has 0 unspecified atom stereocenters. The number of nitrogens with zero attached hydrogens (tertiary/aromatic N) is 3. The third-order valence-corrected chi connectivity index (χ3v) is 4.42. The number of carbonyl (C=O) groups excluding carboxylic acids is 1. The Balaban J connectivity index is 1.81. The average Bonchev–Trinajstić information content (AvgIpc) is 2.78. The molecule has 3 rings (SSSR count). The number of amides is 1. The monoisotopic (exact) mass is 440 g/mol. The molecular formula is C21H17ClN4O5. The molecule has 0 bridgehead atoms. The Morgan fingerprint density at radius 2 is 2.00 bits per heavy atom. The normalized spacial score (nSPS) is 10.6. The number of hydrogen-bond donors (Lipinski definition) is 1. The van der Waals surface area contributed by atoms with Gasteiger partial charge in [0, 0.05) is 6.20 Å².